The van der Waals surface area contributed by atoms with Gasteiger partial charge in [-0.3, -0.25) is 0 Å². The lowest BCUT2D eigenvalue weighted by Gasteiger charge is -2.27. The summed E-state index contributed by atoms with van der Waals surface area (Å²) >= 11 is 0. The number of fused-ring (bicyclic) bond motifs is 2. The van der Waals surface area contributed by atoms with Gasteiger partial charge in [-0.15, -0.1) is 0 Å². The Kier molecular flexibility index (Phi) is 4.31. The Hall–Kier alpha value is -2.01. The van der Waals surface area contributed by atoms with Crippen molar-refractivity contribution in [1.82, 2.24) is 5.32 Å². The van der Waals surface area contributed by atoms with Gasteiger partial charge in [-0.1, -0.05) is 30.3 Å². The Balaban J connectivity index is 2.12. The number of halogens is 3. The second-order valence-electron chi connectivity index (χ2n) is 5.63. The highest BCUT2D eigenvalue weighted by atomic mass is 19.4. The Morgan fingerprint density at radius 3 is 2.61 bits per heavy atom. The van der Waals surface area contributed by atoms with Gasteiger partial charge in [-0.05, 0) is 37.4 Å². The van der Waals surface area contributed by atoms with Gasteiger partial charge in [0.1, 0.15) is 11.9 Å². The number of allylic oxidation sites excluding steroid dienone is 2. The lowest BCUT2D eigenvalue weighted by molar-refractivity contribution is -0.0883. The van der Waals surface area contributed by atoms with E-state index in [0.717, 1.165) is 41.7 Å². The van der Waals surface area contributed by atoms with E-state index in [1.165, 1.54) is 12.2 Å². The molecule has 1 unspecified atom stereocenters. The van der Waals surface area contributed by atoms with Crippen LogP contribution < -0.4 is 15.8 Å². The molecule has 0 spiro atoms. The molecule has 0 fully saturated rings. The van der Waals surface area contributed by atoms with E-state index in [4.69, 9.17) is 4.74 Å². The molecule has 5 heteroatoms. The van der Waals surface area contributed by atoms with Gasteiger partial charge in [0, 0.05) is 17.2 Å². The lowest BCUT2D eigenvalue weighted by Crippen LogP contribution is -2.39. The highest BCUT2D eigenvalue weighted by Gasteiger charge is 2.35. The molecule has 0 radical (unpaired) electrons. The van der Waals surface area contributed by atoms with E-state index in [2.05, 4.69) is 5.32 Å². The Bertz CT molecular complexity index is 774. The van der Waals surface area contributed by atoms with Crippen molar-refractivity contribution < 1.29 is 17.9 Å². The molecule has 1 N–H and O–H groups in total. The van der Waals surface area contributed by atoms with Crippen molar-refractivity contribution in [2.45, 2.75) is 25.1 Å². The van der Waals surface area contributed by atoms with Crippen molar-refractivity contribution in [3.63, 3.8) is 0 Å². The van der Waals surface area contributed by atoms with Crippen LogP contribution in [0.2, 0.25) is 0 Å². The number of rotatable bonds is 4. The highest BCUT2D eigenvalue weighted by molar-refractivity contribution is 5.71. The zero-order valence-corrected chi connectivity index (χ0v) is 12.8. The third-order valence-corrected chi connectivity index (χ3v) is 4.03. The molecule has 1 aromatic carbocycles. The number of benzene rings is 1. The molecule has 0 amide bonds. The molecule has 0 bridgehead atoms. The topological polar surface area (TPSA) is 21.3 Å². The van der Waals surface area contributed by atoms with E-state index in [9.17, 15) is 13.2 Å². The van der Waals surface area contributed by atoms with Gasteiger partial charge >= 0.3 is 6.18 Å². The van der Waals surface area contributed by atoms with Gasteiger partial charge in [0.25, 0.3) is 0 Å². The zero-order valence-electron chi connectivity index (χ0n) is 12.8. The summed E-state index contributed by atoms with van der Waals surface area (Å²) in [5, 5.41) is 4.81. The molecule has 0 saturated carbocycles. The van der Waals surface area contributed by atoms with Gasteiger partial charge in [-0.25, -0.2) is 0 Å². The summed E-state index contributed by atoms with van der Waals surface area (Å²) in [6.45, 7) is 0.865. The minimum Gasteiger partial charge on any atom is -0.485 e. The standard InChI is InChI=1S/C18H18F3NO/c1-22-10-4-7-16-14-6-3-2-5-13(14)15-11-12(18(19,20)21)8-9-17(15)23-16/h2-3,5-6,8-9,11,17,22H,4,7,10H2,1H3. The first-order valence-corrected chi connectivity index (χ1v) is 7.61. The first-order chi connectivity index (χ1) is 11.0. The van der Waals surface area contributed by atoms with Crippen molar-refractivity contribution in [3.8, 4) is 0 Å². The maximum absolute atomic E-state index is 13.0. The van der Waals surface area contributed by atoms with E-state index in [-0.39, 0.29) is 0 Å². The van der Waals surface area contributed by atoms with Crippen LogP contribution in [-0.2, 0) is 4.74 Å². The van der Waals surface area contributed by atoms with Crippen LogP contribution in [0.25, 0.3) is 11.3 Å². The van der Waals surface area contributed by atoms with E-state index in [1.807, 2.05) is 31.3 Å². The predicted molar refractivity (Wildman–Crippen MR) is 83.8 cm³/mol. The molecule has 122 valence electrons. The number of alkyl halides is 3. The quantitative estimate of drug-likeness (QED) is 0.860. The van der Waals surface area contributed by atoms with Crippen LogP contribution >= 0.6 is 0 Å². The van der Waals surface area contributed by atoms with E-state index in [0.29, 0.717) is 5.57 Å². The molecule has 1 aliphatic carbocycles. The molecule has 1 atom stereocenters. The van der Waals surface area contributed by atoms with Gasteiger partial charge in [0.05, 0.1) is 5.57 Å². The van der Waals surface area contributed by atoms with Gasteiger partial charge in [0.15, 0.2) is 0 Å². The summed E-state index contributed by atoms with van der Waals surface area (Å²) in [6, 6.07) is 7.50. The highest BCUT2D eigenvalue weighted by Crippen LogP contribution is 2.33. The molecule has 3 rings (SSSR count). The molecule has 2 aliphatic rings. The van der Waals surface area contributed by atoms with Gasteiger partial charge in [0.2, 0.25) is 0 Å². The normalized spacial score (nSPS) is 19.8. The molecule has 0 aromatic heterocycles. The van der Waals surface area contributed by atoms with Crippen LogP contribution in [0, 0.1) is 0 Å². The summed E-state index contributed by atoms with van der Waals surface area (Å²) in [5.41, 5.74) is -0.0615. The average Bonchev–Trinajstić information content (AvgIpc) is 2.54. The zero-order chi connectivity index (χ0) is 16.4. The lowest BCUT2D eigenvalue weighted by atomic mass is 9.93. The summed E-state index contributed by atoms with van der Waals surface area (Å²) in [5.74, 6) is 0.845. The van der Waals surface area contributed by atoms with Crippen LogP contribution in [0.4, 0.5) is 13.2 Å². The fourth-order valence-corrected chi connectivity index (χ4v) is 2.92. The second kappa shape index (κ2) is 6.24. The number of nitrogens with one attached hydrogen (secondary N) is 1. The SMILES string of the molecule is CNCCCC1=c2ccccc2=C2C=C(C(F)(F)F)C=CC2O1. The van der Waals surface area contributed by atoms with Crippen molar-refractivity contribution in [2.24, 2.45) is 0 Å². The van der Waals surface area contributed by atoms with Crippen molar-refractivity contribution >= 4 is 11.3 Å². The molecule has 23 heavy (non-hydrogen) atoms. The maximum Gasteiger partial charge on any atom is 0.416 e. The van der Waals surface area contributed by atoms with Gasteiger partial charge in [-0.2, -0.15) is 13.2 Å². The van der Waals surface area contributed by atoms with Crippen molar-refractivity contribution in [1.29, 1.82) is 0 Å². The van der Waals surface area contributed by atoms with E-state index >= 15 is 0 Å². The molecular weight excluding hydrogens is 303 g/mol. The van der Waals surface area contributed by atoms with Crippen LogP contribution in [0.15, 0.2) is 48.1 Å². The summed E-state index contributed by atoms with van der Waals surface area (Å²) in [7, 11) is 1.89. The Morgan fingerprint density at radius 2 is 1.91 bits per heavy atom. The maximum atomic E-state index is 13.0. The number of hydrogen-bond donors (Lipinski definition) is 1. The van der Waals surface area contributed by atoms with Crippen LogP contribution in [0.1, 0.15) is 12.8 Å². The number of ether oxygens (including phenoxy) is 1. The fourth-order valence-electron chi connectivity index (χ4n) is 2.92. The van der Waals surface area contributed by atoms with E-state index < -0.39 is 17.9 Å². The van der Waals surface area contributed by atoms with Gasteiger partial charge < -0.3 is 10.1 Å². The van der Waals surface area contributed by atoms with Crippen molar-refractivity contribution in [3.05, 3.63) is 58.5 Å². The minimum absolute atomic E-state index is 0.444. The van der Waals surface area contributed by atoms with Crippen molar-refractivity contribution in [2.75, 3.05) is 13.6 Å². The second-order valence-corrected chi connectivity index (χ2v) is 5.63. The third-order valence-electron chi connectivity index (χ3n) is 4.03. The molecule has 1 aliphatic heterocycles. The molecule has 1 aromatic rings. The monoisotopic (exact) mass is 321 g/mol. The summed E-state index contributed by atoms with van der Waals surface area (Å²) in [4.78, 5) is 0. The molecule has 0 saturated heterocycles. The largest absolute Gasteiger partial charge is 0.485 e. The summed E-state index contributed by atoms with van der Waals surface area (Å²) in [6.07, 6.45) is 0.676. The fraction of sp³-hybridized carbons (Fsp3) is 0.333. The van der Waals surface area contributed by atoms with Crippen LogP contribution in [-0.4, -0.2) is 25.9 Å². The Labute approximate surface area is 132 Å². The molecular formula is C18H18F3NO. The smallest absolute Gasteiger partial charge is 0.416 e. The third kappa shape index (κ3) is 3.20. The van der Waals surface area contributed by atoms with E-state index in [1.54, 1.807) is 0 Å². The van der Waals surface area contributed by atoms with Crippen LogP contribution in [0.3, 0.4) is 0 Å². The molecule has 2 nitrogen and oxygen atoms in total. The average molecular weight is 321 g/mol. The van der Waals surface area contributed by atoms with Crippen LogP contribution in [0.5, 0.6) is 0 Å². The predicted octanol–water partition coefficient (Wildman–Crippen LogP) is 2.40. The minimum atomic E-state index is -4.35. The first kappa shape index (κ1) is 15.9. The number of hydrogen-bond acceptors (Lipinski definition) is 2. The summed E-state index contributed by atoms with van der Waals surface area (Å²) < 4.78 is 44.9. The molecule has 1 heterocycles. The first-order valence-electron chi connectivity index (χ1n) is 7.61. The Morgan fingerprint density at radius 1 is 1.17 bits per heavy atom.